The molecule has 41 heavy (non-hydrogen) atoms. The smallest absolute Gasteiger partial charge is 0.311 e. The maximum Gasteiger partial charge on any atom is 0.311 e. The zero-order chi connectivity index (χ0) is 29.5. The van der Waals surface area contributed by atoms with Crippen molar-refractivity contribution in [2.45, 2.75) is 132 Å². The third-order valence-electron chi connectivity index (χ3n) is 15.2. The molecule has 9 unspecified atom stereocenters. The summed E-state index contributed by atoms with van der Waals surface area (Å²) in [7, 11) is 0. The largest absolute Gasteiger partial charge is 0.431 e. The second-order valence-corrected chi connectivity index (χ2v) is 17.6. The normalized spacial score (nSPS) is 46.7. The Morgan fingerprint density at radius 2 is 1.44 bits per heavy atom. The van der Waals surface area contributed by atoms with E-state index in [9.17, 15) is 4.79 Å². The molecule has 0 radical (unpaired) electrons. The molecule has 0 bridgehead atoms. The van der Waals surface area contributed by atoms with Crippen molar-refractivity contribution in [2.75, 3.05) is 0 Å². The van der Waals surface area contributed by atoms with Crippen LogP contribution >= 0.6 is 0 Å². The van der Waals surface area contributed by atoms with E-state index in [1.165, 1.54) is 63.4 Å². The fourth-order valence-electron chi connectivity index (χ4n) is 12.1. The molecular formula is C39H58O2. The number of hydrogen-bond donors (Lipinski definition) is 0. The first kappa shape index (κ1) is 29.5. The molecule has 0 amide bonds. The van der Waals surface area contributed by atoms with Crippen LogP contribution in [0.1, 0.15) is 132 Å². The van der Waals surface area contributed by atoms with Crippen molar-refractivity contribution in [3.8, 4) is 0 Å². The Kier molecular flexibility index (Phi) is 6.99. The highest BCUT2D eigenvalue weighted by atomic mass is 16.5. The topological polar surface area (TPSA) is 26.3 Å². The first-order valence-electron chi connectivity index (χ1n) is 17.1. The summed E-state index contributed by atoms with van der Waals surface area (Å²) in [5.41, 5.74) is 3.60. The summed E-state index contributed by atoms with van der Waals surface area (Å²) in [6.45, 7) is 20.9. The summed E-state index contributed by atoms with van der Waals surface area (Å²) in [6, 6.07) is 10.3. The van der Waals surface area contributed by atoms with Crippen LogP contribution < -0.4 is 0 Å². The number of esters is 1. The third-order valence-corrected chi connectivity index (χ3v) is 15.2. The lowest BCUT2D eigenvalue weighted by Crippen LogP contribution is -2.67. The van der Waals surface area contributed by atoms with Gasteiger partial charge in [0, 0.05) is 12.3 Å². The van der Waals surface area contributed by atoms with Gasteiger partial charge in [0.05, 0.1) is 0 Å². The highest BCUT2D eigenvalue weighted by Crippen LogP contribution is 2.78. The maximum absolute atomic E-state index is 12.9. The van der Waals surface area contributed by atoms with Crippen LogP contribution in [0.2, 0.25) is 0 Å². The summed E-state index contributed by atoms with van der Waals surface area (Å²) < 4.78 is 6.14. The van der Waals surface area contributed by atoms with E-state index in [0.717, 1.165) is 30.4 Å². The second kappa shape index (κ2) is 9.72. The monoisotopic (exact) mass is 558 g/mol. The van der Waals surface area contributed by atoms with Gasteiger partial charge in [0.25, 0.3) is 0 Å². The van der Waals surface area contributed by atoms with Crippen molar-refractivity contribution in [1.82, 2.24) is 0 Å². The molecule has 5 aliphatic rings. The van der Waals surface area contributed by atoms with Crippen LogP contribution in [-0.2, 0) is 16.0 Å². The van der Waals surface area contributed by atoms with E-state index < -0.39 is 0 Å². The van der Waals surface area contributed by atoms with Gasteiger partial charge in [-0.2, -0.15) is 0 Å². The number of aryl methyl sites for hydroxylation is 1. The number of fused-ring (bicyclic) bond motifs is 7. The van der Waals surface area contributed by atoms with Crippen molar-refractivity contribution in [2.24, 2.45) is 56.2 Å². The van der Waals surface area contributed by atoms with E-state index >= 15 is 0 Å². The molecule has 6 rings (SSSR count). The second-order valence-electron chi connectivity index (χ2n) is 17.6. The first-order valence-corrected chi connectivity index (χ1v) is 17.1. The Hall–Kier alpha value is -1.57. The predicted octanol–water partition coefficient (Wildman–Crippen LogP) is 10.6. The van der Waals surface area contributed by atoms with Crippen LogP contribution in [0.5, 0.6) is 0 Å². The van der Waals surface area contributed by atoms with Gasteiger partial charge in [-0.05, 0) is 133 Å². The lowest BCUT2D eigenvalue weighted by Gasteiger charge is -2.74. The fraction of sp³-hybridized carbons (Fsp3) is 0.769. The average Bonchev–Trinajstić information content (AvgIpc) is 2.93. The van der Waals surface area contributed by atoms with Gasteiger partial charge in [-0.3, -0.25) is 4.79 Å². The van der Waals surface area contributed by atoms with Crippen LogP contribution in [0, 0.1) is 56.2 Å². The maximum atomic E-state index is 12.9. The van der Waals surface area contributed by atoms with Crippen LogP contribution in [0.25, 0.3) is 0 Å². The Morgan fingerprint density at radius 1 is 0.780 bits per heavy atom. The van der Waals surface area contributed by atoms with E-state index in [4.69, 9.17) is 4.74 Å². The van der Waals surface area contributed by atoms with Gasteiger partial charge in [-0.1, -0.05) is 85.7 Å². The van der Waals surface area contributed by atoms with Gasteiger partial charge in [0.2, 0.25) is 0 Å². The molecule has 0 spiro atoms. The van der Waals surface area contributed by atoms with Gasteiger partial charge in [-0.25, -0.2) is 0 Å². The predicted molar refractivity (Wildman–Crippen MR) is 169 cm³/mol. The average molecular weight is 559 g/mol. The first-order chi connectivity index (χ1) is 19.2. The Bertz CT molecular complexity index is 1200. The molecule has 0 aromatic heterocycles. The van der Waals surface area contributed by atoms with Crippen LogP contribution in [-0.4, -0.2) is 5.97 Å². The van der Waals surface area contributed by atoms with Gasteiger partial charge in [-0.15, -0.1) is 0 Å². The molecule has 9 atom stereocenters. The van der Waals surface area contributed by atoms with Crippen LogP contribution in [0.3, 0.4) is 0 Å². The SMILES string of the molecule is CC1C(OC(=O)CCc2ccccc2)=CCC2C1(C)CCC1C2(C)CCC2(C)C3CC(C)(C)CCC3(C)CCC12C. The van der Waals surface area contributed by atoms with Crippen LogP contribution in [0.4, 0.5) is 0 Å². The number of carbonyl (C=O) groups is 1. The number of ether oxygens (including phenoxy) is 1. The number of hydrogen-bond acceptors (Lipinski definition) is 2. The molecule has 4 saturated carbocycles. The summed E-state index contributed by atoms with van der Waals surface area (Å²) in [4.78, 5) is 12.9. The number of rotatable bonds is 4. The van der Waals surface area contributed by atoms with E-state index in [1.54, 1.807) is 0 Å². The summed E-state index contributed by atoms with van der Waals surface area (Å²) in [6.07, 6.45) is 17.0. The number of allylic oxidation sites excluding steroid dienone is 2. The minimum Gasteiger partial charge on any atom is -0.431 e. The van der Waals surface area contributed by atoms with Crippen LogP contribution in [0.15, 0.2) is 42.2 Å². The standard InChI is InChI=1S/C39H58O2/c1-27-29(41-33(40)17-14-28-12-10-9-11-13-28)15-16-30-36(27,5)19-18-31-37(30,6)23-25-39(8)32-26-34(2,3)20-21-35(32,4)22-24-38(31,39)7/h9-13,15,27,30-32H,14,16-26H2,1-8H3. The molecule has 0 heterocycles. The molecule has 4 fully saturated rings. The molecule has 0 N–H and O–H groups in total. The molecule has 0 aliphatic heterocycles. The van der Waals surface area contributed by atoms with Gasteiger partial charge in [0.15, 0.2) is 0 Å². The highest BCUT2D eigenvalue weighted by molar-refractivity contribution is 5.71. The van der Waals surface area contributed by atoms with E-state index in [0.29, 0.717) is 39.4 Å². The van der Waals surface area contributed by atoms with Crippen molar-refractivity contribution in [3.05, 3.63) is 47.7 Å². The Balaban J connectivity index is 1.23. The molecule has 0 saturated heterocycles. The minimum absolute atomic E-state index is 0.0736. The third kappa shape index (κ3) is 4.42. The number of benzene rings is 1. The number of carbonyl (C=O) groups excluding carboxylic acids is 1. The van der Waals surface area contributed by atoms with Gasteiger partial charge >= 0.3 is 5.97 Å². The fourth-order valence-corrected chi connectivity index (χ4v) is 12.1. The lowest BCUT2D eigenvalue weighted by molar-refractivity contribution is -0.254. The lowest BCUT2D eigenvalue weighted by atomic mass is 9.30. The summed E-state index contributed by atoms with van der Waals surface area (Å²) in [5.74, 6) is 3.46. The molecule has 1 aromatic carbocycles. The molecule has 2 nitrogen and oxygen atoms in total. The van der Waals surface area contributed by atoms with Gasteiger partial charge in [0.1, 0.15) is 5.76 Å². The molecule has 2 heteroatoms. The minimum atomic E-state index is -0.0736. The van der Waals surface area contributed by atoms with Crippen molar-refractivity contribution in [3.63, 3.8) is 0 Å². The van der Waals surface area contributed by atoms with E-state index in [1.807, 2.05) is 18.2 Å². The zero-order valence-corrected chi connectivity index (χ0v) is 27.6. The van der Waals surface area contributed by atoms with Crippen molar-refractivity contribution in [1.29, 1.82) is 0 Å². The Labute approximate surface area is 251 Å². The Morgan fingerprint density at radius 3 is 2.17 bits per heavy atom. The highest BCUT2D eigenvalue weighted by Gasteiger charge is 2.70. The van der Waals surface area contributed by atoms with Gasteiger partial charge < -0.3 is 4.74 Å². The molecular weight excluding hydrogens is 500 g/mol. The quantitative estimate of drug-likeness (QED) is 0.344. The molecule has 1 aromatic rings. The van der Waals surface area contributed by atoms with Crippen molar-refractivity contribution >= 4 is 5.97 Å². The van der Waals surface area contributed by atoms with E-state index in [-0.39, 0.29) is 17.3 Å². The zero-order valence-electron chi connectivity index (χ0n) is 27.6. The summed E-state index contributed by atoms with van der Waals surface area (Å²) in [5, 5.41) is 0. The van der Waals surface area contributed by atoms with E-state index in [2.05, 4.69) is 73.6 Å². The summed E-state index contributed by atoms with van der Waals surface area (Å²) >= 11 is 0. The molecule has 5 aliphatic carbocycles. The molecule has 226 valence electrons. The van der Waals surface area contributed by atoms with Crippen molar-refractivity contribution < 1.29 is 9.53 Å².